The number of hydrogen-bond acceptors (Lipinski definition) is 4. The lowest BCUT2D eigenvalue weighted by Crippen LogP contribution is -2.12. The number of ether oxygens (including phenoxy) is 1. The van der Waals surface area contributed by atoms with Crippen molar-refractivity contribution < 1.29 is 9.53 Å². The maximum Gasteiger partial charge on any atom is 0.224 e. The first-order chi connectivity index (χ1) is 11.8. The molecule has 0 radical (unpaired) electrons. The fourth-order valence-electron chi connectivity index (χ4n) is 2.19. The van der Waals surface area contributed by atoms with E-state index < -0.39 is 0 Å². The van der Waals surface area contributed by atoms with Crippen molar-refractivity contribution in [2.24, 2.45) is 0 Å². The molecule has 2 aromatic carbocycles. The first-order valence-corrected chi connectivity index (χ1v) is 8.61. The number of para-hydroxylation sites is 1. The van der Waals surface area contributed by atoms with Crippen LogP contribution in [0.1, 0.15) is 16.9 Å². The van der Waals surface area contributed by atoms with Crippen LogP contribution in [0.5, 0.6) is 5.75 Å². The smallest absolute Gasteiger partial charge is 0.224 e. The molecule has 0 saturated heterocycles. The number of nitrogens with zero attached hydrogens (tertiary/aromatic N) is 1. The summed E-state index contributed by atoms with van der Waals surface area (Å²) < 4.78 is 5.70. The summed E-state index contributed by atoms with van der Waals surface area (Å²) >= 11 is 1.57. The van der Waals surface area contributed by atoms with Gasteiger partial charge in [-0.1, -0.05) is 30.3 Å². The molecular weight excluding hydrogens is 320 g/mol. The van der Waals surface area contributed by atoms with Crippen LogP contribution in [0.25, 0.3) is 0 Å². The molecule has 0 spiro atoms. The number of benzene rings is 2. The zero-order valence-corrected chi connectivity index (χ0v) is 14.0. The number of aromatic nitrogens is 1. The number of anilines is 1. The van der Waals surface area contributed by atoms with Gasteiger partial charge in [0.25, 0.3) is 0 Å². The predicted molar refractivity (Wildman–Crippen MR) is 96.3 cm³/mol. The van der Waals surface area contributed by atoms with Gasteiger partial charge in [0, 0.05) is 23.2 Å². The van der Waals surface area contributed by atoms with E-state index in [1.54, 1.807) is 23.0 Å². The van der Waals surface area contributed by atoms with Gasteiger partial charge < -0.3 is 10.1 Å². The van der Waals surface area contributed by atoms with E-state index in [1.807, 2.05) is 54.6 Å². The van der Waals surface area contributed by atoms with Gasteiger partial charge >= 0.3 is 0 Å². The highest BCUT2D eigenvalue weighted by atomic mass is 32.1. The van der Waals surface area contributed by atoms with Crippen LogP contribution in [0.4, 0.5) is 5.69 Å². The van der Waals surface area contributed by atoms with Crippen LogP contribution in [0.2, 0.25) is 0 Å². The molecular formula is C19H18N2O2S. The van der Waals surface area contributed by atoms with Crippen LogP contribution in [0.3, 0.4) is 0 Å². The topological polar surface area (TPSA) is 51.2 Å². The fourth-order valence-corrected chi connectivity index (χ4v) is 2.79. The van der Waals surface area contributed by atoms with Gasteiger partial charge in [-0.15, -0.1) is 11.3 Å². The highest BCUT2D eigenvalue weighted by Crippen LogP contribution is 2.15. The lowest BCUT2D eigenvalue weighted by atomic mass is 10.2. The average molecular weight is 338 g/mol. The Morgan fingerprint density at radius 2 is 1.88 bits per heavy atom. The Hall–Kier alpha value is -2.66. The predicted octanol–water partition coefficient (Wildman–Crippen LogP) is 4.29. The number of hydrogen-bond donors (Lipinski definition) is 1. The van der Waals surface area contributed by atoms with Crippen LogP contribution in [0, 0.1) is 0 Å². The molecule has 5 heteroatoms. The van der Waals surface area contributed by atoms with Gasteiger partial charge in [0.1, 0.15) is 12.4 Å². The van der Waals surface area contributed by atoms with Gasteiger partial charge in [-0.05, 0) is 36.2 Å². The highest BCUT2D eigenvalue weighted by Gasteiger charge is 2.04. The van der Waals surface area contributed by atoms with Crippen molar-refractivity contribution in [1.29, 1.82) is 0 Å². The van der Waals surface area contributed by atoms with Crippen LogP contribution >= 0.6 is 11.3 Å². The molecule has 3 rings (SSSR count). The van der Waals surface area contributed by atoms with Crippen molar-refractivity contribution >= 4 is 22.9 Å². The standard InChI is InChI=1S/C19H18N2O2S/c22-19(11-10-18-12-20-14-24-18)21-16-8-6-15(7-9-16)13-23-17-4-2-1-3-5-17/h1-9,12,14H,10-11,13H2,(H,21,22). The minimum absolute atomic E-state index is 0.0108. The largest absolute Gasteiger partial charge is 0.489 e. The number of nitrogens with one attached hydrogen (secondary N) is 1. The SMILES string of the molecule is O=C(CCc1cncs1)Nc1ccc(COc2ccccc2)cc1. The summed E-state index contributed by atoms with van der Waals surface area (Å²) in [7, 11) is 0. The lowest BCUT2D eigenvalue weighted by Gasteiger charge is -2.08. The Morgan fingerprint density at radius 1 is 1.08 bits per heavy atom. The van der Waals surface area contributed by atoms with Gasteiger partial charge in [0.2, 0.25) is 5.91 Å². The van der Waals surface area contributed by atoms with Crippen molar-refractivity contribution in [2.45, 2.75) is 19.4 Å². The molecule has 0 aliphatic carbocycles. The molecule has 0 atom stereocenters. The van der Waals surface area contributed by atoms with Crippen molar-refractivity contribution in [3.63, 3.8) is 0 Å². The number of carbonyl (C=O) groups is 1. The first-order valence-electron chi connectivity index (χ1n) is 7.73. The molecule has 4 nitrogen and oxygen atoms in total. The Balaban J connectivity index is 1.46. The molecule has 1 amide bonds. The van der Waals surface area contributed by atoms with E-state index in [2.05, 4.69) is 10.3 Å². The van der Waals surface area contributed by atoms with Crippen molar-refractivity contribution in [3.8, 4) is 5.75 Å². The van der Waals surface area contributed by atoms with Gasteiger partial charge in [-0.2, -0.15) is 0 Å². The molecule has 1 aromatic heterocycles. The van der Waals surface area contributed by atoms with E-state index in [0.29, 0.717) is 13.0 Å². The van der Waals surface area contributed by atoms with Gasteiger partial charge in [0.05, 0.1) is 5.51 Å². The van der Waals surface area contributed by atoms with E-state index in [1.165, 1.54) is 0 Å². The van der Waals surface area contributed by atoms with Crippen LogP contribution in [-0.2, 0) is 17.8 Å². The van der Waals surface area contributed by atoms with Crippen LogP contribution in [-0.4, -0.2) is 10.9 Å². The van der Waals surface area contributed by atoms with Crippen molar-refractivity contribution in [3.05, 3.63) is 76.7 Å². The summed E-state index contributed by atoms with van der Waals surface area (Å²) in [5.74, 6) is 0.856. The second kappa shape index (κ2) is 8.26. The third kappa shape index (κ3) is 4.93. The van der Waals surface area contributed by atoms with E-state index in [-0.39, 0.29) is 5.91 Å². The Morgan fingerprint density at radius 3 is 2.58 bits per heavy atom. The monoisotopic (exact) mass is 338 g/mol. The summed E-state index contributed by atoms with van der Waals surface area (Å²) in [6.45, 7) is 0.504. The third-order valence-corrected chi connectivity index (χ3v) is 4.31. The van der Waals surface area contributed by atoms with Gasteiger partial charge in [0.15, 0.2) is 0 Å². The van der Waals surface area contributed by atoms with Gasteiger partial charge in [-0.25, -0.2) is 0 Å². The van der Waals surface area contributed by atoms with Crippen LogP contribution < -0.4 is 10.1 Å². The Bertz CT molecular complexity index is 756. The Kier molecular flexibility index (Phi) is 5.58. The maximum atomic E-state index is 12.0. The molecule has 3 aromatic rings. The number of carbonyl (C=O) groups excluding carboxylic acids is 1. The zero-order chi connectivity index (χ0) is 16.6. The number of amides is 1. The van der Waals surface area contributed by atoms with E-state index in [0.717, 1.165) is 28.3 Å². The number of aryl methyl sites for hydroxylation is 1. The zero-order valence-electron chi connectivity index (χ0n) is 13.1. The average Bonchev–Trinajstić information content (AvgIpc) is 3.14. The van der Waals surface area contributed by atoms with Crippen molar-refractivity contribution in [1.82, 2.24) is 4.98 Å². The molecule has 0 aliphatic heterocycles. The normalized spacial score (nSPS) is 10.3. The molecule has 122 valence electrons. The quantitative estimate of drug-likeness (QED) is 0.699. The minimum Gasteiger partial charge on any atom is -0.489 e. The molecule has 24 heavy (non-hydrogen) atoms. The molecule has 0 aliphatic rings. The Labute approximate surface area is 145 Å². The van der Waals surface area contributed by atoms with Crippen LogP contribution in [0.15, 0.2) is 66.3 Å². The van der Waals surface area contributed by atoms with E-state index in [9.17, 15) is 4.79 Å². The molecule has 1 N–H and O–H groups in total. The minimum atomic E-state index is 0.0108. The molecule has 0 saturated carbocycles. The summed E-state index contributed by atoms with van der Waals surface area (Å²) in [5.41, 5.74) is 3.64. The number of thiazole rings is 1. The van der Waals surface area contributed by atoms with E-state index in [4.69, 9.17) is 4.74 Å². The van der Waals surface area contributed by atoms with Crippen molar-refractivity contribution in [2.75, 3.05) is 5.32 Å². The number of rotatable bonds is 7. The molecule has 0 bridgehead atoms. The van der Waals surface area contributed by atoms with E-state index >= 15 is 0 Å². The molecule has 0 unspecified atom stereocenters. The maximum absolute atomic E-state index is 12.0. The fraction of sp³-hybridized carbons (Fsp3) is 0.158. The third-order valence-electron chi connectivity index (χ3n) is 3.47. The summed E-state index contributed by atoms with van der Waals surface area (Å²) in [5, 5.41) is 2.91. The second-order valence-electron chi connectivity index (χ2n) is 5.31. The molecule has 1 heterocycles. The highest BCUT2D eigenvalue weighted by molar-refractivity contribution is 7.09. The molecule has 0 fully saturated rings. The second-order valence-corrected chi connectivity index (χ2v) is 6.29. The lowest BCUT2D eigenvalue weighted by molar-refractivity contribution is -0.116. The summed E-state index contributed by atoms with van der Waals surface area (Å²) in [4.78, 5) is 17.1. The first kappa shape index (κ1) is 16.2. The van der Waals surface area contributed by atoms with Gasteiger partial charge in [-0.3, -0.25) is 9.78 Å². The summed E-state index contributed by atoms with van der Waals surface area (Å²) in [6, 6.07) is 17.4. The summed E-state index contributed by atoms with van der Waals surface area (Å²) in [6.07, 6.45) is 2.99.